The van der Waals surface area contributed by atoms with Gasteiger partial charge in [0, 0.05) is 25.6 Å². The highest BCUT2D eigenvalue weighted by Crippen LogP contribution is 2.63. The van der Waals surface area contributed by atoms with Crippen molar-refractivity contribution in [1.82, 2.24) is 0 Å². The highest BCUT2D eigenvalue weighted by Gasteiger charge is 2.52. The topological polar surface area (TPSA) is 18.5 Å². The molecule has 0 radical (unpaired) electrons. The third-order valence-electron chi connectivity index (χ3n) is 24.4. The molecule has 1 heterocycles. The van der Waals surface area contributed by atoms with Gasteiger partial charge in [0.2, 0.25) is 0 Å². The molecule has 18 aromatic rings. The molecule has 0 saturated carbocycles. The molecule has 6 heteroatoms. The van der Waals surface area contributed by atoms with Gasteiger partial charge in [0.05, 0.1) is 11.2 Å². The lowest BCUT2D eigenvalue weighted by Crippen LogP contribution is -2.41. The summed E-state index contributed by atoms with van der Waals surface area (Å²) in [4.78, 5) is 0. The number of hydrogen-bond donors (Lipinski definition) is 0. The van der Waals surface area contributed by atoms with Crippen LogP contribution in [0.5, 0.6) is 0 Å². The Balaban J connectivity index is 0.000000135. The van der Waals surface area contributed by atoms with Crippen LogP contribution >= 0.6 is 39.1 Å². The minimum absolute atomic E-state index is 0.459. The number of hydrogen-bond acceptors (Lipinski definition) is 2. The van der Waals surface area contributed by atoms with E-state index in [0.29, 0.717) is 0 Å². The van der Waals surface area contributed by atoms with E-state index in [-0.39, 0.29) is 0 Å². The normalized spacial score (nSPS) is 13.9. The van der Waals surface area contributed by atoms with Crippen LogP contribution in [0.2, 0.25) is 10.0 Å². The van der Waals surface area contributed by atoms with Gasteiger partial charge >= 0.3 is 7.12 Å². The highest BCUT2D eigenvalue weighted by molar-refractivity contribution is 9.10. The summed E-state index contributed by atoms with van der Waals surface area (Å²) in [5.74, 6) is 0. The summed E-state index contributed by atoms with van der Waals surface area (Å²) in [5.41, 5.74) is 34.8. The Morgan fingerprint density at radius 1 is 0.231 bits per heavy atom. The van der Waals surface area contributed by atoms with Gasteiger partial charge < -0.3 is 9.31 Å². The Morgan fingerprint density at radius 3 is 0.935 bits per heavy atom. The van der Waals surface area contributed by atoms with Crippen molar-refractivity contribution in [2.75, 3.05) is 0 Å². The maximum Gasteiger partial charge on any atom is 0.494 e. The minimum Gasteiger partial charge on any atom is -0.399 e. The van der Waals surface area contributed by atoms with E-state index in [1.54, 1.807) is 0 Å². The van der Waals surface area contributed by atoms with Gasteiger partial charge in [0.1, 0.15) is 0 Å². The molecule has 18 aromatic carbocycles. The lowest BCUT2D eigenvalue weighted by Gasteiger charge is -2.32. The van der Waals surface area contributed by atoms with E-state index in [9.17, 15) is 0 Å². The van der Waals surface area contributed by atoms with Crippen molar-refractivity contribution < 1.29 is 9.31 Å². The average molecular weight is 1480 g/mol. The predicted octanol–water partition coefficient (Wildman–Crippen LogP) is 29.3. The highest BCUT2D eigenvalue weighted by atomic mass is 79.9. The summed E-state index contributed by atoms with van der Waals surface area (Å²) in [7, 11) is -0.496. The van der Waals surface area contributed by atoms with Gasteiger partial charge in [-0.15, -0.1) is 0 Å². The molecule has 0 atom stereocenters. The molecule has 0 N–H and O–H groups in total. The standard InChI is InChI=1S/C54H38BClO2.C48H26BrCl/c1-53(2)54(3,4)58-55(57-53)32-24-25-41-45(30-32)47(31-14-6-5-7-15-31)51-43-22-13-21-39-36(27-29-44(49(39)43)52(51)50(41)42-18-10-11-23-46(42)56)35-26-28-40-34-17-9-8-16-33(34)37-19-12-20-38(35)48(37)40;49-28-20-21-37-41(26-28)43(27-10-2-1-3-11-27)47-39-18-9-17-35-32(23-25-40(45(35)39)48(47)46(37)38-14-6-7-19-42(38)50)31-22-24-36-30-13-5-4-12-29(30)33-15-8-16-34(31)44(33)36/h5-30H,1-4H3;1-26H. The zero-order valence-corrected chi connectivity index (χ0v) is 62.6. The second-order valence-corrected chi connectivity index (χ2v) is 32.2. The minimum atomic E-state index is -0.496. The number of rotatable bonds is 7. The largest absolute Gasteiger partial charge is 0.494 e. The van der Waals surface area contributed by atoms with Crippen molar-refractivity contribution in [3.63, 3.8) is 0 Å². The molecule has 23 rings (SSSR count). The molecule has 1 aliphatic heterocycles. The van der Waals surface area contributed by atoms with Crippen molar-refractivity contribution in [1.29, 1.82) is 0 Å². The molecule has 0 aromatic heterocycles. The number of fused-ring (bicyclic) bond motifs is 14. The second kappa shape index (κ2) is 23.8. The summed E-state index contributed by atoms with van der Waals surface area (Å²) in [6.45, 7) is 8.45. The molecular formula is C102H64BBrCl2O2. The maximum atomic E-state index is 7.21. The Kier molecular flexibility index (Phi) is 14.1. The first kappa shape index (κ1) is 63.8. The molecule has 0 unspecified atom stereocenters. The Labute approximate surface area is 645 Å². The molecule has 4 aliphatic carbocycles. The second-order valence-electron chi connectivity index (χ2n) is 30.4. The van der Waals surface area contributed by atoms with Gasteiger partial charge in [0.25, 0.3) is 0 Å². The zero-order valence-electron chi connectivity index (χ0n) is 59.5. The maximum absolute atomic E-state index is 7.21. The van der Waals surface area contributed by atoms with Gasteiger partial charge in [-0.2, -0.15) is 0 Å². The van der Waals surface area contributed by atoms with Crippen molar-refractivity contribution in [2.24, 2.45) is 0 Å². The Morgan fingerprint density at radius 2 is 0.528 bits per heavy atom. The van der Waals surface area contributed by atoms with Gasteiger partial charge in [-0.3, -0.25) is 0 Å². The van der Waals surface area contributed by atoms with Crippen LogP contribution in [-0.2, 0) is 9.31 Å². The number of benzene rings is 18. The van der Waals surface area contributed by atoms with Crippen LogP contribution < -0.4 is 5.46 Å². The van der Waals surface area contributed by atoms with E-state index in [1.807, 2.05) is 24.3 Å². The van der Waals surface area contributed by atoms with E-state index in [4.69, 9.17) is 32.5 Å². The summed E-state index contributed by atoms with van der Waals surface area (Å²) in [5, 5.41) is 16.5. The fourth-order valence-corrected chi connectivity index (χ4v) is 19.9. The molecule has 5 aliphatic rings. The fourth-order valence-electron chi connectivity index (χ4n) is 19.1. The van der Waals surface area contributed by atoms with Crippen molar-refractivity contribution in [3.8, 4) is 156 Å². The van der Waals surface area contributed by atoms with Crippen LogP contribution in [-0.4, -0.2) is 18.3 Å². The van der Waals surface area contributed by atoms with E-state index in [1.165, 1.54) is 187 Å². The first-order chi connectivity index (χ1) is 52.9. The van der Waals surface area contributed by atoms with Gasteiger partial charge in [-0.05, 0) is 267 Å². The smallest absolute Gasteiger partial charge is 0.399 e. The molecular weight excluding hydrogens is 1420 g/mol. The van der Waals surface area contributed by atoms with Crippen LogP contribution in [0.3, 0.4) is 0 Å². The molecule has 0 amide bonds. The molecule has 0 spiro atoms. The quantitative estimate of drug-likeness (QED) is 0.148. The summed E-state index contributed by atoms with van der Waals surface area (Å²) >= 11 is 18.1. The summed E-state index contributed by atoms with van der Waals surface area (Å²) in [6, 6.07) is 115. The first-order valence-corrected chi connectivity index (χ1v) is 38.8. The van der Waals surface area contributed by atoms with Crippen LogP contribution in [0, 0.1) is 0 Å². The van der Waals surface area contributed by atoms with Gasteiger partial charge in [-0.25, -0.2) is 0 Å². The lowest BCUT2D eigenvalue weighted by molar-refractivity contribution is 0.00578. The lowest BCUT2D eigenvalue weighted by atomic mass is 9.75. The average Bonchev–Trinajstić information content (AvgIpc) is 1.53. The molecule has 508 valence electrons. The predicted molar refractivity (Wildman–Crippen MR) is 462 cm³/mol. The third-order valence-corrected chi connectivity index (χ3v) is 25.5. The van der Waals surface area contributed by atoms with E-state index in [0.717, 1.165) is 53.0 Å². The Hall–Kier alpha value is -11.4. The molecule has 108 heavy (non-hydrogen) atoms. The monoisotopic (exact) mass is 1480 g/mol. The van der Waals surface area contributed by atoms with Crippen LogP contribution in [0.1, 0.15) is 27.7 Å². The van der Waals surface area contributed by atoms with E-state index < -0.39 is 18.3 Å². The van der Waals surface area contributed by atoms with Crippen LogP contribution in [0.15, 0.2) is 320 Å². The van der Waals surface area contributed by atoms with Gasteiger partial charge in [-0.1, -0.05) is 330 Å². The Bertz CT molecular complexity index is 6960. The van der Waals surface area contributed by atoms with Crippen LogP contribution in [0.25, 0.3) is 220 Å². The molecule has 1 saturated heterocycles. The third kappa shape index (κ3) is 9.10. The molecule has 0 bridgehead atoms. The summed E-state index contributed by atoms with van der Waals surface area (Å²) in [6.07, 6.45) is 0. The SMILES string of the molecule is CC1(C)OB(c2ccc3c(-c4ccccc4Cl)c4c(c(-c5ccccc5)c3c2)-c2cccc3c(-c5ccc6c7c(cccc57)-c5ccccc5-6)ccc-4c23)OC1(C)C.Clc1ccccc1-c1c2c(c(-c3ccccc3)c3cc(Br)ccc13)-c1cccc3c(-c4ccc5c6c(cccc46)-c4ccccc4-5)ccc-2c13. The fraction of sp³-hybridized carbons (Fsp3) is 0.0588. The summed E-state index contributed by atoms with van der Waals surface area (Å²) < 4.78 is 14.3. The first-order valence-electron chi connectivity index (χ1n) is 37.2. The van der Waals surface area contributed by atoms with Crippen molar-refractivity contribution >= 4 is 116 Å². The van der Waals surface area contributed by atoms with E-state index >= 15 is 0 Å². The molecule has 2 nitrogen and oxygen atoms in total. The van der Waals surface area contributed by atoms with Crippen molar-refractivity contribution in [3.05, 3.63) is 330 Å². The van der Waals surface area contributed by atoms with Crippen molar-refractivity contribution in [2.45, 2.75) is 38.9 Å². The van der Waals surface area contributed by atoms with Crippen LogP contribution in [0.4, 0.5) is 0 Å². The van der Waals surface area contributed by atoms with Gasteiger partial charge in [0.15, 0.2) is 0 Å². The van der Waals surface area contributed by atoms with E-state index in [2.05, 4.69) is 335 Å². The zero-order chi connectivity index (χ0) is 72.2. The molecule has 1 fully saturated rings. The number of halogens is 3.